The van der Waals surface area contributed by atoms with Crippen LogP contribution in [0.2, 0.25) is 10.0 Å². The number of halogens is 2. The molecule has 3 amide bonds. The summed E-state index contributed by atoms with van der Waals surface area (Å²) in [6.07, 6.45) is 4.45. The van der Waals surface area contributed by atoms with Crippen LogP contribution >= 0.6 is 23.2 Å². The molecule has 0 saturated carbocycles. The van der Waals surface area contributed by atoms with Crippen LogP contribution in [0.15, 0.2) is 54.6 Å². The third-order valence-corrected chi connectivity index (χ3v) is 6.32. The number of carbonyl (C=O) groups is 4. The minimum absolute atomic E-state index is 0.00616. The number of esters is 1. The van der Waals surface area contributed by atoms with Crippen LogP contribution in [0.5, 0.6) is 0 Å². The highest BCUT2D eigenvalue weighted by atomic mass is 35.5. The number of benzene rings is 2. The van der Waals surface area contributed by atoms with E-state index >= 15 is 0 Å². The number of hydrogen-bond donors (Lipinski definition) is 1. The average Bonchev–Trinajstić information content (AvgIpc) is 3.05. The second kappa shape index (κ2) is 9.37. The Hall–Kier alpha value is -3.16. The van der Waals surface area contributed by atoms with E-state index in [1.165, 1.54) is 41.3 Å². The summed E-state index contributed by atoms with van der Waals surface area (Å²) in [7, 11) is 0. The molecule has 0 aromatic heterocycles. The largest absolute Gasteiger partial charge is 0.452 e. The molecule has 2 aromatic rings. The maximum atomic E-state index is 12.9. The molecule has 1 fully saturated rings. The van der Waals surface area contributed by atoms with Gasteiger partial charge in [0.15, 0.2) is 6.61 Å². The van der Waals surface area contributed by atoms with Crippen molar-refractivity contribution in [2.24, 2.45) is 17.8 Å². The van der Waals surface area contributed by atoms with Crippen molar-refractivity contribution in [3.05, 3.63) is 70.2 Å². The molecule has 2 aliphatic rings. The van der Waals surface area contributed by atoms with E-state index in [4.69, 9.17) is 27.9 Å². The minimum Gasteiger partial charge on any atom is -0.452 e. The Balaban J connectivity index is 1.37. The van der Waals surface area contributed by atoms with Gasteiger partial charge < -0.3 is 10.1 Å². The zero-order chi connectivity index (χ0) is 23.7. The number of imide groups is 1. The Kier molecular flexibility index (Phi) is 6.54. The van der Waals surface area contributed by atoms with Crippen molar-refractivity contribution in [3.63, 3.8) is 0 Å². The molecule has 0 spiro atoms. The van der Waals surface area contributed by atoms with Crippen molar-refractivity contribution in [1.82, 2.24) is 0 Å². The van der Waals surface area contributed by atoms with Crippen LogP contribution in [0.4, 0.5) is 11.4 Å². The second-order valence-electron chi connectivity index (χ2n) is 7.96. The zero-order valence-corrected chi connectivity index (χ0v) is 19.1. The number of nitrogens with one attached hydrogen (secondary N) is 1. The molecular formula is C24H20Cl2N2O5. The average molecular weight is 487 g/mol. The number of hydrogen-bond acceptors (Lipinski definition) is 5. The van der Waals surface area contributed by atoms with Crippen molar-refractivity contribution in [1.29, 1.82) is 0 Å². The fourth-order valence-corrected chi connectivity index (χ4v) is 4.60. The summed E-state index contributed by atoms with van der Waals surface area (Å²) >= 11 is 11.8. The van der Waals surface area contributed by atoms with E-state index in [1.807, 2.05) is 19.1 Å². The van der Waals surface area contributed by atoms with E-state index in [-0.39, 0.29) is 40.2 Å². The van der Waals surface area contributed by atoms with Crippen LogP contribution in [0, 0.1) is 17.8 Å². The quantitative estimate of drug-likeness (QED) is 0.381. The molecule has 3 atom stereocenters. The molecule has 2 aromatic carbocycles. The number of carbonyl (C=O) groups excluding carboxylic acids is 4. The molecule has 0 unspecified atom stereocenters. The molecule has 1 aliphatic heterocycles. The fraction of sp³-hybridized carbons (Fsp3) is 0.250. The van der Waals surface area contributed by atoms with Crippen molar-refractivity contribution in [2.75, 3.05) is 16.8 Å². The topological polar surface area (TPSA) is 92.8 Å². The van der Waals surface area contributed by atoms with Gasteiger partial charge in [-0.25, -0.2) is 4.79 Å². The third kappa shape index (κ3) is 4.65. The summed E-state index contributed by atoms with van der Waals surface area (Å²) in [5.41, 5.74) is 0.928. The summed E-state index contributed by atoms with van der Waals surface area (Å²) < 4.78 is 5.05. The number of fused-ring (bicyclic) bond motifs is 1. The van der Waals surface area contributed by atoms with Crippen LogP contribution in [-0.4, -0.2) is 30.3 Å². The Morgan fingerprint density at radius 1 is 1.09 bits per heavy atom. The molecule has 1 saturated heterocycles. The molecule has 33 heavy (non-hydrogen) atoms. The predicted molar refractivity (Wildman–Crippen MR) is 124 cm³/mol. The van der Waals surface area contributed by atoms with Gasteiger partial charge >= 0.3 is 5.97 Å². The van der Waals surface area contributed by atoms with E-state index < -0.39 is 18.5 Å². The van der Waals surface area contributed by atoms with Gasteiger partial charge in [0, 0.05) is 5.02 Å². The first-order valence-electron chi connectivity index (χ1n) is 10.3. The van der Waals surface area contributed by atoms with Crippen LogP contribution in [0.25, 0.3) is 0 Å². The van der Waals surface area contributed by atoms with Gasteiger partial charge in [-0.05, 0) is 54.8 Å². The van der Waals surface area contributed by atoms with E-state index in [0.29, 0.717) is 22.8 Å². The first-order chi connectivity index (χ1) is 15.8. The zero-order valence-electron chi connectivity index (χ0n) is 17.6. The fourth-order valence-electron chi connectivity index (χ4n) is 4.14. The van der Waals surface area contributed by atoms with Crippen LogP contribution in [-0.2, 0) is 19.1 Å². The number of amides is 3. The van der Waals surface area contributed by atoms with Gasteiger partial charge in [-0.2, -0.15) is 0 Å². The highest BCUT2D eigenvalue weighted by Crippen LogP contribution is 2.40. The van der Waals surface area contributed by atoms with Gasteiger partial charge in [-0.3, -0.25) is 19.3 Å². The van der Waals surface area contributed by atoms with E-state index in [0.717, 1.165) is 0 Å². The number of anilines is 2. The van der Waals surface area contributed by atoms with Gasteiger partial charge in [-0.1, -0.05) is 42.3 Å². The Morgan fingerprint density at radius 2 is 1.82 bits per heavy atom. The molecule has 1 heterocycles. The van der Waals surface area contributed by atoms with Gasteiger partial charge in [0.1, 0.15) is 0 Å². The van der Waals surface area contributed by atoms with Gasteiger partial charge in [0.05, 0.1) is 33.8 Å². The molecule has 4 rings (SSSR count). The Morgan fingerprint density at radius 3 is 2.48 bits per heavy atom. The SMILES string of the molecule is C[C@@H]1C=CC[C@H]2C(=O)N(c3ccc(C(=O)OCC(=O)Nc4ccc(Cl)cc4Cl)cc3)C(=O)[C@@H]12. The van der Waals surface area contributed by atoms with Gasteiger partial charge in [0.25, 0.3) is 5.91 Å². The first kappa shape index (κ1) is 23.0. The maximum Gasteiger partial charge on any atom is 0.338 e. The van der Waals surface area contributed by atoms with E-state index in [9.17, 15) is 19.2 Å². The smallest absolute Gasteiger partial charge is 0.338 e. The van der Waals surface area contributed by atoms with Crippen molar-refractivity contribution < 1.29 is 23.9 Å². The van der Waals surface area contributed by atoms with Gasteiger partial charge in [0.2, 0.25) is 11.8 Å². The van der Waals surface area contributed by atoms with Crippen LogP contribution in [0.1, 0.15) is 23.7 Å². The molecule has 1 N–H and O–H groups in total. The highest BCUT2D eigenvalue weighted by Gasteiger charge is 2.50. The Labute approximate surface area is 200 Å². The lowest BCUT2D eigenvalue weighted by atomic mass is 9.78. The summed E-state index contributed by atoms with van der Waals surface area (Å²) in [5, 5.41) is 3.22. The molecule has 0 bridgehead atoms. The minimum atomic E-state index is -0.718. The van der Waals surface area contributed by atoms with Crippen LogP contribution in [0.3, 0.4) is 0 Å². The molecule has 1 aliphatic carbocycles. The lowest BCUT2D eigenvalue weighted by Gasteiger charge is -2.22. The third-order valence-electron chi connectivity index (χ3n) is 5.77. The van der Waals surface area contributed by atoms with Crippen LogP contribution < -0.4 is 10.2 Å². The standard InChI is InChI=1S/C24H20Cl2N2O5/c1-13-3-2-4-17-21(13)23(31)28(22(17)30)16-8-5-14(6-9-16)24(32)33-12-20(29)27-19-10-7-15(25)11-18(19)26/h2-3,5-11,13,17,21H,4,12H2,1H3,(H,27,29)/t13-,17-,21+/m1/s1. The number of allylic oxidation sites excluding steroid dienone is 2. The molecule has 9 heteroatoms. The predicted octanol–water partition coefficient (Wildman–Crippen LogP) is 4.49. The molecule has 7 nitrogen and oxygen atoms in total. The Bertz CT molecular complexity index is 1160. The second-order valence-corrected chi connectivity index (χ2v) is 8.81. The van der Waals surface area contributed by atoms with E-state index in [1.54, 1.807) is 6.07 Å². The summed E-state index contributed by atoms with van der Waals surface area (Å²) in [4.78, 5) is 51.3. The van der Waals surface area contributed by atoms with Crippen molar-refractivity contribution >= 4 is 58.3 Å². The summed E-state index contributed by atoms with van der Waals surface area (Å²) in [6.45, 7) is 1.41. The summed E-state index contributed by atoms with van der Waals surface area (Å²) in [5.74, 6) is -2.46. The molecule has 170 valence electrons. The monoisotopic (exact) mass is 486 g/mol. The number of nitrogens with zero attached hydrogens (tertiary/aromatic N) is 1. The lowest BCUT2D eigenvalue weighted by molar-refractivity contribution is -0.123. The van der Waals surface area contributed by atoms with Crippen molar-refractivity contribution in [3.8, 4) is 0 Å². The van der Waals surface area contributed by atoms with Crippen molar-refractivity contribution in [2.45, 2.75) is 13.3 Å². The lowest BCUT2D eigenvalue weighted by Crippen LogP contribution is -2.31. The summed E-state index contributed by atoms with van der Waals surface area (Å²) in [6, 6.07) is 10.5. The first-order valence-corrected chi connectivity index (χ1v) is 11.1. The maximum absolute atomic E-state index is 12.9. The number of rotatable bonds is 5. The number of ether oxygens (including phenoxy) is 1. The normalized spacial score (nSPS) is 21.7. The van der Waals surface area contributed by atoms with E-state index in [2.05, 4.69) is 5.32 Å². The molecular weight excluding hydrogens is 467 g/mol. The van der Waals surface area contributed by atoms with Gasteiger partial charge in [-0.15, -0.1) is 0 Å². The molecule has 0 radical (unpaired) electrons. The highest BCUT2D eigenvalue weighted by molar-refractivity contribution is 6.36.